The van der Waals surface area contributed by atoms with E-state index in [2.05, 4.69) is 35.1 Å². The van der Waals surface area contributed by atoms with Gasteiger partial charge in [0.1, 0.15) is 0 Å². The Kier molecular flexibility index (Phi) is 6.71. The lowest BCUT2D eigenvalue weighted by molar-refractivity contribution is -0.137. The second-order valence-corrected chi connectivity index (χ2v) is 5.95. The molecule has 0 aliphatic rings. The maximum Gasteiger partial charge on any atom is 0.303 e. The molecule has 4 nitrogen and oxygen atoms in total. The minimum atomic E-state index is -0.819. The van der Waals surface area contributed by atoms with Gasteiger partial charge < -0.3 is 10.4 Å². The van der Waals surface area contributed by atoms with Crippen LogP contribution < -0.4 is 5.32 Å². The topological polar surface area (TPSA) is 66.4 Å². The highest BCUT2D eigenvalue weighted by Crippen LogP contribution is 2.27. The van der Waals surface area contributed by atoms with Gasteiger partial charge in [0.25, 0.3) is 0 Å². The van der Waals surface area contributed by atoms with Crippen molar-refractivity contribution < 1.29 is 14.7 Å². The number of benzene rings is 1. The Morgan fingerprint density at radius 3 is 2.50 bits per heavy atom. The molecule has 20 heavy (non-hydrogen) atoms. The molecule has 0 radical (unpaired) electrons. The highest BCUT2D eigenvalue weighted by Gasteiger charge is 2.10. The fourth-order valence-corrected chi connectivity index (χ4v) is 2.28. The normalized spacial score (nSPS) is 10.6. The predicted octanol–water partition coefficient (Wildman–Crippen LogP) is 4.16. The zero-order valence-corrected chi connectivity index (χ0v) is 13.4. The Balaban J connectivity index is 2.55. The van der Waals surface area contributed by atoms with E-state index in [1.54, 1.807) is 0 Å². The molecule has 2 N–H and O–H groups in total. The van der Waals surface area contributed by atoms with Crippen molar-refractivity contribution in [1.29, 1.82) is 0 Å². The number of carbonyl (C=O) groups is 2. The van der Waals surface area contributed by atoms with E-state index in [1.807, 2.05) is 18.2 Å². The van der Waals surface area contributed by atoms with Gasteiger partial charge >= 0.3 is 5.97 Å². The van der Waals surface area contributed by atoms with E-state index in [0.29, 0.717) is 25.2 Å². The van der Waals surface area contributed by atoms with E-state index >= 15 is 0 Å². The predicted molar refractivity (Wildman–Crippen MR) is 83.0 cm³/mol. The number of anilines is 1. The standard InChI is InChI=1S/C15H20BrNO3/c1-10(2)12-9-11(16)7-8-13(12)17-14(18)5-3-4-6-15(19)20/h7-10H,3-6H2,1-2H3,(H,17,18)(H,19,20). The van der Waals surface area contributed by atoms with Crippen molar-refractivity contribution in [2.75, 3.05) is 5.32 Å². The molecule has 0 unspecified atom stereocenters. The van der Waals surface area contributed by atoms with Crippen LogP contribution in [0.3, 0.4) is 0 Å². The minimum absolute atomic E-state index is 0.0698. The number of hydrogen-bond acceptors (Lipinski definition) is 2. The van der Waals surface area contributed by atoms with Crippen LogP contribution >= 0.6 is 15.9 Å². The second kappa shape index (κ2) is 8.04. The number of halogens is 1. The number of rotatable bonds is 7. The summed E-state index contributed by atoms with van der Waals surface area (Å²) in [6.45, 7) is 4.15. The summed E-state index contributed by atoms with van der Waals surface area (Å²) < 4.78 is 0.987. The van der Waals surface area contributed by atoms with Crippen molar-refractivity contribution in [3.05, 3.63) is 28.2 Å². The van der Waals surface area contributed by atoms with Gasteiger partial charge in [0, 0.05) is 23.0 Å². The molecule has 0 spiro atoms. The van der Waals surface area contributed by atoms with Gasteiger partial charge in [-0.3, -0.25) is 9.59 Å². The van der Waals surface area contributed by atoms with Crippen LogP contribution in [0.4, 0.5) is 5.69 Å². The number of unbranched alkanes of at least 4 members (excludes halogenated alkanes) is 1. The van der Waals surface area contributed by atoms with Crippen molar-refractivity contribution in [3.63, 3.8) is 0 Å². The average Bonchev–Trinajstić information content (AvgIpc) is 2.36. The summed E-state index contributed by atoms with van der Waals surface area (Å²) in [4.78, 5) is 22.2. The molecule has 0 saturated carbocycles. The molecular formula is C15H20BrNO3. The first-order valence-corrected chi connectivity index (χ1v) is 7.50. The maximum atomic E-state index is 11.8. The molecule has 0 aromatic heterocycles. The second-order valence-electron chi connectivity index (χ2n) is 5.04. The SMILES string of the molecule is CC(C)c1cc(Br)ccc1NC(=O)CCCCC(=O)O. The summed E-state index contributed by atoms with van der Waals surface area (Å²) in [5.74, 6) is -0.574. The lowest BCUT2D eigenvalue weighted by atomic mass is 10.0. The van der Waals surface area contributed by atoms with Gasteiger partial charge in [-0.15, -0.1) is 0 Å². The third-order valence-electron chi connectivity index (χ3n) is 2.95. The largest absolute Gasteiger partial charge is 0.481 e. The molecule has 0 atom stereocenters. The van der Waals surface area contributed by atoms with E-state index in [9.17, 15) is 9.59 Å². The van der Waals surface area contributed by atoms with Gasteiger partial charge in [-0.25, -0.2) is 0 Å². The van der Waals surface area contributed by atoms with E-state index in [-0.39, 0.29) is 12.3 Å². The van der Waals surface area contributed by atoms with Gasteiger partial charge in [0.15, 0.2) is 0 Å². The molecule has 0 heterocycles. The van der Waals surface area contributed by atoms with E-state index in [0.717, 1.165) is 15.7 Å². The molecule has 110 valence electrons. The van der Waals surface area contributed by atoms with Crippen LogP contribution in [-0.4, -0.2) is 17.0 Å². The van der Waals surface area contributed by atoms with Crippen LogP contribution in [0.25, 0.3) is 0 Å². The van der Waals surface area contributed by atoms with Gasteiger partial charge in [0.05, 0.1) is 0 Å². The molecular weight excluding hydrogens is 322 g/mol. The Morgan fingerprint density at radius 1 is 1.25 bits per heavy atom. The van der Waals surface area contributed by atoms with Crippen LogP contribution in [0, 0.1) is 0 Å². The molecule has 1 amide bonds. The number of aliphatic carboxylic acids is 1. The van der Waals surface area contributed by atoms with Crippen molar-refractivity contribution in [1.82, 2.24) is 0 Å². The number of hydrogen-bond donors (Lipinski definition) is 2. The zero-order valence-electron chi connectivity index (χ0n) is 11.8. The first-order valence-electron chi connectivity index (χ1n) is 6.71. The first kappa shape index (κ1) is 16.7. The summed E-state index contributed by atoms with van der Waals surface area (Å²) in [7, 11) is 0. The summed E-state index contributed by atoms with van der Waals surface area (Å²) in [5.41, 5.74) is 1.91. The number of nitrogens with one attached hydrogen (secondary N) is 1. The minimum Gasteiger partial charge on any atom is -0.481 e. The molecule has 0 aliphatic carbocycles. The molecule has 5 heteroatoms. The van der Waals surface area contributed by atoms with Crippen molar-refractivity contribution in [2.45, 2.75) is 45.4 Å². The third-order valence-corrected chi connectivity index (χ3v) is 3.45. The highest BCUT2D eigenvalue weighted by molar-refractivity contribution is 9.10. The Morgan fingerprint density at radius 2 is 1.90 bits per heavy atom. The molecule has 0 fully saturated rings. The van der Waals surface area contributed by atoms with Gasteiger partial charge in [-0.05, 0) is 42.5 Å². The monoisotopic (exact) mass is 341 g/mol. The lowest BCUT2D eigenvalue weighted by Gasteiger charge is -2.14. The summed E-state index contributed by atoms with van der Waals surface area (Å²) >= 11 is 3.43. The molecule has 1 aromatic rings. The van der Waals surface area contributed by atoms with Crippen molar-refractivity contribution in [3.8, 4) is 0 Å². The van der Waals surface area contributed by atoms with Crippen LogP contribution in [0.15, 0.2) is 22.7 Å². The first-order chi connectivity index (χ1) is 9.40. The quantitative estimate of drug-likeness (QED) is 0.732. The number of amides is 1. The van der Waals surface area contributed by atoms with E-state index in [4.69, 9.17) is 5.11 Å². The number of carboxylic acid groups (broad SMARTS) is 1. The third kappa shape index (κ3) is 5.74. The lowest BCUT2D eigenvalue weighted by Crippen LogP contribution is -2.13. The van der Waals surface area contributed by atoms with Crippen LogP contribution in [0.1, 0.15) is 51.0 Å². The Hall–Kier alpha value is -1.36. The van der Waals surface area contributed by atoms with Crippen molar-refractivity contribution in [2.24, 2.45) is 0 Å². The molecule has 1 rings (SSSR count). The highest BCUT2D eigenvalue weighted by atomic mass is 79.9. The number of carbonyl (C=O) groups excluding carboxylic acids is 1. The maximum absolute atomic E-state index is 11.8. The van der Waals surface area contributed by atoms with Gasteiger partial charge in [0.2, 0.25) is 5.91 Å². The van der Waals surface area contributed by atoms with Gasteiger partial charge in [-0.1, -0.05) is 29.8 Å². The molecule has 0 bridgehead atoms. The summed E-state index contributed by atoms with van der Waals surface area (Å²) in [6, 6.07) is 5.78. The van der Waals surface area contributed by atoms with Crippen LogP contribution in [0.5, 0.6) is 0 Å². The molecule has 0 saturated heterocycles. The van der Waals surface area contributed by atoms with E-state index in [1.165, 1.54) is 0 Å². The smallest absolute Gasteiger partial charge is 0.303 e. The summed E-state index contributed by atoms with van der Waals surface area (Å²) in [5, 5.41) is 11.4. The fraction of sp³-hybridized carbons (Fsp3) is 0.467. The average molecular weight is 342 g/mol. The Labute approximate surface area is 127 Å². The molecule has 0 aliphatic heterocycles. The van der Waals surface area contributed by atoms with Gasteiger partial charge in [-0.2, -0.15) is 0 Å². The zero-order chi connectivity index (χ0) is 15.1. The van der Waals surface area contributed by atoms with Crippen molar-refractivity contribution >= 4 is 33.5 Å². The number of carboxylic acids is 1. The van der Waals surface area contributed by atoms with E-state index < -0.39 is 5.97 Å². The Bertz CT molecular complexity index is 486. The molecule has 1 aromatic carbocycles. The summed E-state index contributed by atoms with van der Waals surface area (Å²) in [6.07, 6.45) is 1.58. The van der Waals surface area contributed by atoms with Crippen LogP contribution in [0.2, 0.25) is 0 Å². The fourth-order valence-electron chi connectivity index (χ4n) is 1.90. The van der Waals surface area contributed by atoms with Crippen LogP contribution in [-0.2, 0) is 9.59 Å².